The molecule has 0 aliphatic heterocycles. The lowest BCUT2D eigenvalue weighted by atomic mass is 10.1. The fourth-order valence-electron chi connectivity index (χ4n) is 1.92. The molecule has 0 spiro atoms. The van der Waals surface area contributed by atoms with E-state index in [1.807, 2.05) is 0 Å². The van der Waals surface area contributed by atoms with Gasteiger partial charge in [0.1, 0.15) is 17.2 Å². The highest BCUT2D eigenvalue weighted by Gasteiger charge is 2.14. The Hall–Kier alpha value is -2.64. The molecule has 0 fully saturated rings. The Kier molecular flexibility index (Phi) is 7.52. The first-order valence-corrected chi connectivity index (χ1v) is 7.04. The quantitative estimate of drug-likeness (QED) is 0.592. The molecule has 0 unspecified atom stereocenters. The summed E-state index contributed by atoms with van der Waals surface area (Å²) in [7, 11) is 4.57. The second-order valence-electron chi connectivity index (χ2n) is 4.62. The van der Waals surface area contributed by atoms with Crippen LogP contribution < -0.4 is 24.8 Å². The van der Waals surface area contributed by atoms with E-state index in [-0.39, 0.29) is 19.5 Å². The number of carboxylic acid groups (broad SMARTS) is 1. The monoisotopic (exact) mass is 326 g/mol. The maximum absolute atomic E-state index is 11.7. The zero-order valence-corrected chi connectivity index (χ0v) is 13.5. The van der Waals surface area contributed by atoms with Crippen molar-refractivity contribution < 1.29 is 28.9 Å². The molecular formula is C15H22N2O6. The Balaban J connectivity index is 2.62. The first-order valence-electron chi connectivity index (χ1n) is 7.04. The van der Waals surface area contributed by atoms with Gasteiger partial charge in [-0.25, -0.2) is 4.79 Å². The van der Waals surface area contributed by atoms with Gasteiger partial charge >= 0.3 is 12.0 Å². The number of amides is 2. The van der Waals surface area contributed by atoms with E-state index in [9.17, 15) is 9.59 Å². The van der Waals surface area contributed by atoms with Gasteiger partial charge in [-0.15, -0.1) is 0 Å². The van der Waals surface area contributed by atoms with Crippen LogP contribution in [0.3, 0.4) is 0 Å². The summed E-state index contributed by atoms with van der Waals surface area (Å²) in [5.74, 6) is 0.764. The number of carboxylic acids is 1. The van der Waals surface area contributed by atoms with Crippen LogP contribution in [0.2, 0.25) is 0 Å². The standard InChI is InChI=1S/C15H22N2O6/c1-21-10-7-12(22-2)11(13(8-10)23-3)9-17-15(20)16-6-4-5-14(18)19/h7-8H,4-6,9H2,1-3H3,(H,18,19)(H2,16,17,20). The third-order valence-electron chi connectivity index (χ3n) is 3.10. The highest BCUT2D eigenvalue weighted by atomic mass is 16.5. The summed E-state index contributed by atoms with van der Waals surface area (Å²) in [5.41, 5.74) is 0.677. The van der Waals surface area contributed by atoms with E-state index in [1.54, 1.807) is 12.1 Å². The van der Waals surface area contributed by atoms with Gasteiger partial charge in [0.15, 0.2) is 0 Å². The molecule has 0 aliphatic rings. The van der Waals surface area contributed by atoms with Crippen molar-refractivity contribution in [2.45, 2.75) is 19.4 Å². The van der Waals surface area contributed by atoms with Gasteiger partial charge in [0.2, 0.25) is 0 Å². The summed E-state index contributed by atoms with van der Waals surface area (Å²) in [6.07, 6.45) is 0.387. The minimum atomic E-state index is -0.889. The zero-order chi connectivity index (χ0) is 17.2. The smallest absolute Gasteiger partial charge is 0.315 e. The van der Waals surface area contributed by atoms with E-state index in [0.29, 0.717) is 29.2 Å². The Bertz CT molecular complexity index is 522. The molecule has 2 amide bonds. The van der Waals surface area contributed by atoms with Crippen LogP contribution in [0, 0.1) is 0 Å². The molecule has 3 N–H and O–H groups in total. The molecule has 1 aromatic carbocycles. The van der Waals surface area contributed by atoms with E-state index in [2.05, 4.69) is 10.6 Å². The number of ether oxygens (including phenoxy) is 3. The molecule has 0 saturated carbocycles. The second-order valence-corrected chi connectivity index (χ2v) is 4.62. The van der Waals surface area contributed by atoms with Crippen LogP contribution in [0.5, 0.6) is 17.2 Å². The molecular weight excluding hydrogens is 304 g/mol. The Morgan fingerprint density at radius 1 is 1.04 bits per heavy atom. The molecule has 0 aliphatic carbocycles. The first kappa shape index (κ1) is 18.4. The van der Waals surface area contributed by atoms with Crippen LogP contribution in [-0.4, -0.2) is 45.0 Å². The third kappa shape index (κ3) is 5.93. The molecule has 0 radical (unpaired) electrons. The van der Waals surface area contributed by atoms with Crippen LogP contribution >= 0.6 is 0 Å². The van der Waals surface area contributed by atoms with Crippen LogP contribution in [-0.2, 0) is 11.3 Å². The van der Waals surface area contributed by atoms with Gasteiger partial charge in [-0.1, -0.05) is 0 Å². The number of hydrogen-bond acceptors (Lipinski definition) is 5. The number of rotatable bonds is 9. The lowest BCUT2D eigenvalue weighted by molar-refractivity contribution is -0.137. The fraction of sp³-hybridized carbons (Fsp3) is 0.467. The molecule has 0 atom stereocenters. The first-order chi connectivity index (χ1) is 11.0. The highest BCUT2D eigenvalue weighted by Crippen LogP contribution is 2.33. The topological polar surface area (TPSA) is 106 Å². The number of methoxy groups -OCH3 is 3. The van der Waals surface area contributed by atoms with Crippen molar-refractivity contribution in [3.8, 4) is 17.2 Å². The van der Waals surface area contributed by atoms with E-state index >= 15 is 0 Å². The van der Waals surface area contributed by atoms with Crippen molar-refractivity contribution >= 4 is 12.0 Å². The average Bonchev–Trinajstić information content (AvgIpc) is 2.55. The van der Waals surface area contributed by atoms with Gasteiger partial charge in [-0.2, -0.15) is 0 Å². The summed E-state index contributed by atoms with van der Waals surface area (Å²) in [4.78, 5) is 22.1. The van der Waals surface area contributed by atoms with Gasteiger partial charge in [0.25, 0.3) is 0 Å². The van der Waals surface area contributed by atoms with Crippen LogP contribution in [0.1, 0.15) is 18.4 Å². The maximum atomic E-state index is 11.7. The zero-order valence-electron chi connectivity index (χ0n) is 13.5. The predicted molar refractivity (Wildman–Crippen MR) is 83.2 cm³/mol. The summed E-state index contributed by atoms with van der Waals surface area (Å²) in [5, 5.41) is 13.8. The second kappa shape index (κ2) is 9.39. The molecule has 8 nitrogen and oxygen atoms in total. The summed E-state index contributed by atoms with van der Waals surface area (Å²) < 4.78 is 15.7. The number of hydrogen-bond donors (Lipinski definition) is 3. The Morgan fingerprint density at radius 2 is 1.65 bits per heavy atom. The predicted octanol–water partition coefficient (Wildman–Crippen LogP) is 1.38. The number of nitrogens with one attached hydrogen (secondary N) is 2. The van der Waals surface area contributed by atoms with Crippen molar-refractivity contribution in [3.05, 3.63) is 17.7 Å². The van der Waals surface area contributed by atoms with Crippen molar-refractivity contribution in [1.29, 1.82) is 0 Å². The SMILES string of the molecule is COc1cc(OC)c(CNC(=O)NCCCC(=O)O)c(OC)c1. The van der Waals surface area contributed by atoms with E-state index in [0.717, 1.165) is 0 Å². The molecule has 23 heavy (non-hydrogen) atoms. The van der Waals surface area contributed by atoms with Gasteiger partial charge in [-0.05, 0) is 6.42 Å². The van der Waals surface area contributed by atoms with Crippen molar-refractivity contribution in [2.24, 2.45) is 0 Å². The Labute approximate surface area is 134 Å². The van der Waals surface area contributed by atoms with Crippen LogP contribution in [0.15, 0.2) is 12.1 Å². The lowest BCUT2D eigenvalue weighted by Crippen LogP contribution is -2.35. The molecule has 0 heterocycles. The van der Waals surface area contributed by atoms with Crippen molar-refractivity contribution in [2.75, 3.05) is 27.9 Å². The number of urea groups is 1. The number of aliphatic carboxylic acids is 1. The van der Waals surface area contributed by atoms with Gasteiger partial charge in [0.05, 0.1) is 33.4 Å². The molecule has 8 heteroatoms. The van der Waals surface area contributed by atoms with Gasteiger partial charge in [-0.3, -0.25) is 4.79 Å². The molecule has 0 bridgehead atoms. The average molecular weight is 326 g/mol. The minimum Gasteiger partial charge on any atom is -0.496 e. The van der Waals surface area contributed by atoms with Crippen LogP contribution in [0.25, 0.3) is 0 Å². The highest BCUT2D eigenvalue weighted by molar-refractivity contribution is 5.74. The Morgan fingerprint density at radius 3 is 2.13 bits per heavy atom. The summed E-state index contributed by atoms with van der Waals surface area (Å²) in [6, 6.07) is 3.00. The van der Waals surface area contributed by atoms with Crippen molar-refractivity contribution in [1.82, 2.24) is 10.6 Å². The fourth-order valence-corrected chi connectivity index (χ4v) is 1.92. The third-order valence-corrected chi connectivity index (χ3v) is 3.10. The normalized spacial score (nSPS) is 9.87. The number of benzene rings is 1. The largest absolute Gasteiger partial charge is 0.496 e. The number of carbonyl (C=O) groups is 2. The molecule has 128 valence electrons. The molecule has 0 saturated heterocycles. The number of carbonyl (C=O) groups excluding carboxylic acids is 1. The van der Waals surface area contributed by atoms with E-state index in [1.165, 1.54) is 21.3 Å². The molecule has 1 rings (SSSR count). The summed E-state index contributed by atoms with van der Waals surface area (Å²) >= 11 is 0. The van der Waals surface area contributed by atoms with E-state index < -0.39 is 12.0 Å². The van der Waals surface area contributed by atoms with Gasteiger partial charge in [0, 0.05) is 25.1 Å². The minimum absolute atomic E-state index is 0.0143. The molecule has 0 aromatic heterocycles. The van der Waals surface area contributed by atoms with E-state index in [4.69, 9.17) is 19.3 Å². The van der Waals surface area contributed by atoms with Crippen LogP contribution in [0.4, 0.5) is 4.79 Å². The summed E-state index contributed by atoms with van der Waals surface area (Å²) in [6.45, 7) is 0.482. The maximum Gasteiger partial charge on any atom is 0.315 e. The lowest BCUT2D eigenvalue weighted by Gasteiger charge is -2.15. The van der Waals surface area contributed by atoms with Gasteiger partial charge < -0.3 is 30.0 Å². The molecule has 1 aromatic rings. The van der Waals surface area contributed by atoms with Crippen molar-refractivity contribution in [3.63, 3.8) is 0 Å².